The highest BCUT2D eigenvalue weighted by Crippen LogP contribution is 2.15. The Kier molecular flexibility index (Phi) is 8.24. The zero-order valence-electron chi connectivity index (χ0n) is 17.4. The third-order valence-corrected chi connectivity index (χ3v) is 4.74. The molecule has 4 nitrogen and oxygen atoms in total. The molecule has 0 aliphatic carbocycles. The minimum Gasteiger partial charge on any atom is -0.354 e. The van der Waals surface area contributed by atoms with Crippen molar-refractivity contribution in [2.45, 2.75) is 53.1 Å². The lowest BCUT2D eigenvalue weighted by Gasteiger charge is -2.31. The van der Waals surface area contributed by atoms with Crippen molar-refractivity contribution >= 4 is 11.8 Å². The lowest BCUT2D eigenvalue weighted by atomic mass is 10.1. The second-order valence-electron chi connectivity index (χ2n) is 7.73. The zero-order valence-corrected chi connectivity index (χ0v) is 17.4. The van der Waals surface area contributed by atoms with E-state index >= 15 is 0 Å². The van der Waals surface area contributed by atoms with E-state index < -0.39 is 6.04 Å². The van der Waals surface area contributed by atoms with Crippen LogP contribution in [-0.4, -0.2) is 29.3 Å². The molecule has 150 valence electrons. The molecule has 2 amide bonds. The predicted octanol–water partition coefficient (Wildman–Crippen LogP) is 4.12. The van der Waals surface area contributed by atoms with Crippen molar-refractivity contribution in [2.75, 3.05) is 6.54 Å². The van der Waals surface area contributed by atoms with Crippen molar-refractivity contribution in [3.8, 4) is 0 Å². The highest BCUT2D eigenvalue weighted by Gasteiger charge is 2.28. The van der Waals surface area contributed by atoms with Gasteiger partial charge in [-0.05, 0) is 30.4 Å². The normalized spacial score (nSPS) is 11.9. The van der Waals surface area contributed by atoms with Gasteiger partial charge in [0.05, 0.1) is 6.42 Å². The van der Waals surface area contributed by atoms with Gasteiger partial charge in [0.15, 0.2) is 0 Å². The van der Waals surface area contributed by atoms with Crippen LogP contribution in [0.5, 0.6) is 0 Å². The van der Waals surface area contributed by atoms with E-state index in [1.165, 1.54) is 5.56 Å². The first-order valence-corrected chi connectivity index (χ1v) is 10.1. The smallest absolute Gasteiger partial charge is 0.242 e. The average molecular weight is 381 g/mol. The van der Waals surface area contributed by atoms with Crippen LogP contribution in [0.3, 0.4) is 0 Å². The van der Waals surface area contributed by atoms with Gasteiger partial charge >= 0.3 is 0 Å². The first-order chi connectivity index (χ1) is 13.4. The molecule has 0 aliphatic rings. The van der Waals surface area contributed by atoms with Gasteiger partial charge in [-0.3, -0.25) is 9.59 Å². The fourth-order valence-electron chi connectivity index (χ4n) is 3.10. The second-order valence-corrected chi connectivity index (χ2v) is 7.73. The van der Waals surface area contributed by atoms with E-state index in [1.54, 1.807) is 4.90 Å². The van der Waals surface area contributed by atoms with E-state index in [0.29, 0.717) is 31.8 Å². The minimum absolute atomic E-state index is 0.0293. The lowest BCUT2D eigenvalue weighted by Crippen LogP contribution is -2.50. The highest BCUT2D eigenvalue weighted by atomic mass is 16.2. The van der Waals surface area contributed by atoms with Crippen LogP contribution in [0, 0.1) is 12.8 Å². The van der Waals surface area contributed by atoms with Crippen LogP contribution in [0.2, 0.25) is 0 Å². The van der Waals surface area contributed by atoms with E-state index in [-0.39, 0.29) is 11.8 Å². The largest absolute Gasteiger partial charge is 0.354 e. The average Bonchev–Trinajstić information content (AvgIpc) is 2.68. The number of benzene rings is 2. The molecular formula is C24H32N2O2. The van der Waals surface area contributed by atoms with Crippen LogP contribution < -0.4 is 5.32 Å². The molecule has 0 saturated heterocycles. The summed E-state index contributed by atoms with van der Waals surface area (Å²) in [4.78, 5) is 27.7. The fourth-order valence-corrected chi connectivity index (χ4v) is 3.10. The summed E-state index contributed by atoms with van der Waals surface area (Å²) in [5, 5.41) is 2.99. The van der Waals surface area contributed by atoms with Crippen molar-refractivity contribution < 1.29 is 9.59 Å². The van der Waals surface area contributed by atoms with Gasteiger partial charge in [-0.15, -0.1) is 0 Å². The van der Waals surface area contributed by atoms with E-state index in [0.717, 1.165) is 11.1 Å². The van der Waals surface area contributed by atoms with E-state index in [9.17, 15) is 9.59 Å². The molecule has 0 radical (unpaired) electrons. The number of hydrogen-bond donors (Lipinski definition) is 1. The monoisotopic (exact) mass is 380 g/mol. The molecule has 1 unspecified atom stereocenters. The number of amides is 2. The van der Waals surface area contributed by atoms with Gasteiger partial charge in [0.25, 0.3) is 0 Å². The molecule has 0 spiro atoms. The quantitative estimate of drug-likeness (QED) is 0.711. The van der Waals surface area contributed by atoms with Crippen LogP contribution in [0.15, 0.2) is 54.6 Å². The molecule has 0 fully saturated rings. The van der Waals surface area contributed by atoms with Gasteiger partial charge in [-0.25, -0.2) is 0 Å². The number of nitrogens with zero attached hydrogens (tertiary/aromatic N) is 1. The number of carbonyl (C=O) groups excluding carboxylic acids is 2. The first kappa shape index (κ1) is 21.7. The number of rotatable bonds is 9. The molecule has 4 heteroatoms. The molecule has 1 N–H and O–H groups in total. The molecule has 0 aliphatic heterocycles. The maximum absolute atomic E-state index is 13.2. The maximum Gasteiger partial charge on any atom is 0.242 e. The van der Waals surface area contributed by atoms with E-state index in [4.69, 9.17) is 0 Å². The predicted molar refractivity (Wildman–Crippen MR) is 114 cm³/mol. The van der Waals surface area contributed by atoms with Crippen LogP contribution >= 0.6 is 0 Å². The molecule has 2 aromatic carbocycles. The Labute approximate surface area is 169 Å². The van der Waals surface area contributed by atoms with Gasteiger partial charge < -0.3 is 10.2 Å². The topological polar surface area (TPSA) is 49.4 Å². The van der Waals surface area contributed by atoms with Crippen molar-refractivity contribution in [1.82, 2.24) is 10.2 Å². The number of nitrogens with one attached hydrogen (secondary N) is 1. The number of aryl methyl sites for hydroxylation is 1. The molecule has 0 heterocycles. The van der Waals surface area contributed by atoms with Gasteiger partial charge in [-0.1, -0.05) is 80.9 Å². The summed E-state index contributed by atoms with van der Waals surface area (Å²) in [6.07, 6.45) is 0.872. The highest BCUT2D eigenvalue weighted by molar-refractivity contribution is 5.88. The summed E-state index contributed by atoms with van der Waals surface area (Å²) < 4.78 is 0. The Morgan fingerprint density at radius 2 is 1.61 bits per heavy atom. The Morgan fingerprint density at radius 3 is 2.18 bits per heavy atom. The maximum atomic E-state index is 13.2. The minimum atomic E-state index is -0.476. The summed E-state index contributed by atoms with van der Waals surface area (Å²) >= 11 is 0. The summed E-state index contributed by atoms with van der Waals surface area (Å²) in [5.74, 6) is 0.259. The van der Waals surface area contributed by atoms with Crippen LogP contribution in [0.1, 0.15) is 43.9 Å². The third-order valence-electron chi connectivity index (χ3n) is 4.74. The van der Waals surface area contributed by atoms with Crippen molar-refractivity contribution in [3.05, 3.63) is 71.3 Å². The molecule has 28 heavy (non-hydrogen) atoms. The molecule has 1 atom stereocenters. The summed E-state index contributed by atoms with van der Waals surface area (Å²) in [6, 6.07) is 17.3. The molecule has 0 saturated carbocycles. The molecule has 0 bridgehead atoms. The second kappa shape index (κ2) is 10.6. The van der Waals surface area contributed by atoms with Gasteiger partial charge in [0.2, 0.25) is 11.8 Å². The standard InChI is InChI=1S/C24H32N2O2/c1-5-22(24(28)25-16-18(2)3)26(17-21-13-11-19(4)12-14-21)23(27)15-20-9-7-6-8-10-20/h6-14,18,22H,5,15-17H2,1-4H3,(H,25,28). The summed E-state index contributed by atoms with van der Waals surface area (Å²) in [7, 11) is 0. The molecule has 2 aromatic rings. The Bertz CT molecular complexity index is 754. The van der Waals surface area contributed by atoms with Crippen molar-refractivity contribution in [3.63, 3.8) is 0 Å². The van der Waals surface area contributed by atoms with Gasteiger partial charge in [0, 0.05) is 13.1 Å². The third kappa shape index (κ3) is 6.52. The molecular weight excluding hydrogens is 348 g/mol. The van der Waals surface area contributed by atoms with Gasteiger partial charge in [-0.2, -0.15) is 0 Å². The fraction of sp³-hybridized carbons (Fsp3) is 0.417. The first-order valence-electron chi connectivity index (χ1n) is 10.1. The van der Waals surface area contributed by atoms with E-state index in [1.807, 2.05) is 68.4 Å². The van der Waals surface area contributed by atoms with Crippen LogP contribution in [0.4, 0.5) is 0 Å². The Morgan fingerprint density at radius 1 is 0.964 bits per heavy atom. The molecule has 0 aromatic heterocycles. The summed E-state index contributed by atoms with van der Waals surface area (Å²) in [6.45, 7) is 9.16. The van der Waals surface area contributed by atoms with Crippen molar-refractivity contribution in [1.29, 1.82) is 0 Å². The Balaban J connectivity index is 2.23. The van der Waals surface area contributed by atoms with Crippen LogP contribution in [-0.2, 0) is 22.6 Å². The van der Waals surface area contributed by atoms with Crippen LogP contribution in [0.25, 0.3) is 0 Å². The Hall–Kier alpha value is -2.62. The van der Waals surface area contributed by atoms with Gasteiger partial charge in [0.1, 0.15) is 6.04 Å². The summed E-state index contributed by atoms with van der Waals surface area (Å²) in [5.41, 5.74) is 3.16. The SMILES string of the molecule is CCC(C(=O)NCC(C)C)N(Cc1ccc(C)cc1)C(=O)Cc1ccccc1. The number of carbonyl (C=O) groups is 2. The van der Waals surface area contributed by atoms with E-state index in [2.05, 4.69) is 19.2 Å². The zero-order chi connectivity index (χ0) is 20.5. The van der Waals surface area contributed by atoms with Crippen molar-refractivity contribution in [2.24, 2.45) is 5.92 Å². The number of hydrogen-bond acceptors (Lipinski definition) is 2. The molecule has 2 rings (SSSR count). The lowest BCUT2D eigenvalue weighted by molar-refractivity contribution is -0.141.